The van der Waals surface area contributed by atoms with E-state index in [4.69, 9.17) is 4.74 Å². The molecule has 1 unspecified atom stereocenters. The highest BCUT2D eigenvalue weighted by Gasteiger charge is 2.50. The van der Waals surface area contributed by atoms with Crippen molar-refractivity contribution < 1.29 is 14.3 Å². The van der Waals surface area contributed by atoms with Crippen molar-refractivity contribution in [3.8, 4) is 11.1 Å². The maximum Gasteiger partial charge on any atom is 0.410 e. The number of pyridine rings is 1. The van der Waals surface area contributed by atoms with Crippen LogP contribution in [0.2, 0.25) is 0 Å². The van der Waals surface area contributed by atoms with E-state index in [2.05, 4.69) is 4.98 Å². The maximum atomic E-state index is 13.5. The topological polar surface area (TPSA) is 62.7 Å². The third-order valence-corrected chi connectivity index (χ3v) is 5.72. The Bertz CT molecular complexity index is 883. The standard InChI is InChI=1S/C21H23N3O3/c1-3-21-13-23(11-12-24(21)20(26)27-14-21)19(25)18-15(2)22-10-9-17(18)16-7-5-4-6-8-16/h4-10H,3,11-14H2,1-2H3. The minimum Gasteiger partial charge on any atom is -0.447 e. The number of carbonyl (C=O) groups is 2. The number of carbonyl (C=O) groups excluding carboxylic acids is 2. The summed E-state index contributed by atoms with van der Waals surface area (Å²) in [6, 6.07) is 11.8. The molecule has 2 amide bonds. The predicted molar refractivity (Wildman–Crippen MR) is 101 cm³/mol. The van der Waals surface area contributed by atoms with Crippen LogP contribution in [0.3, 0.4) is 0 Å². The van der Waals surface area contributed by atoms with Crippen LogP contribution in [0.4, 0.5) is 4.79 Å². The minimum absolute atomic E-state index is 0.0359. The lowest BCUT2D eigenvalue weighted by Crippen LogP contribution is -2.62. The molecule has 0 radical (unpaired) electrons. The molecule has 1 aromatic heterocycles. The first-order valence-electron chi connectivity index (χ1n) is 9.30. The molecular formula is C21H23N3O3. The summed E-state index contributed by atoms with van der Waals surface area (Å²) in [5.74, 6) is -0.0359. The van der Waals surface area contributed by atoms with E-state index in [1.54, 1.807) is 11.1 Å². The van der Waals surface area contributed by atoms with Crippen molar-refractivity contribution in [3.05, 3.63) is 53.9 Å². The van der Waals surface area contributed by atoms with Gasteiger partial charge in [-0.15, -0.1) is 0 Å². The first kappa shape index (κ1) is 17.5. The zero-order chi connectivity index (χ0) is 19.0. The van der Waals surface area contributed by atoms with E-state index in [9.17, 15) is 9.59 Å². The van der Waals surface area contributed by atoms with Crippen molar-refractivity contribution in [2.75, 3.05) is 26.2 Å². The van der Waals surface area contributed by atoms with E-state index in [1.807, 2.05) is 55.1 Å². The van der Waals surface area contributed by atoms with Gasteiger partial charge in [-0.1, -0.05) is 37.3 Å². The van der Waals surface area contributed by atoms with Gasteiger partial charge in [-0.2, -0.15) is 0 Å². The van der Waals surface area contributed by atoms with Crippen molar-refractivity contribution in [1.29, 1.82) is 0 Å². The van der Waals surface area contributed by atoms with Crippen LogP contribution >= 0.6 is 0 Å². The highest BCUT2D eigenvalue weighted by Crippen LogP contribution is 2.33. The lowest BCUT2D eigenvalue weighted by Gasteiger charge is -2.44. The number of hydrogen-bond donors (Lipinski definition) is 0. The van der Waals surface area contributed by atoms with Gasteiger partial charge in [-0.3, -0.25) is 14.7 Å². The summed E-state index contributed by atoms with van der Waals surface area (Å²) in [6.45, 7) is 5.72. The number of cyclic esters (lactones) is 1. The van der Waals surface area contributed by atoms with E-state index in [0.29, 0.717) is 37.5 Å². The number of hydrogen-bond acceptors (Lipinski definition) is 4. The van der Waals surface area contributed by atoms with Crippen LogP contribution in [0.25, 0.3) is 11.1 Å². The van der Waals surface area contributed by atoms with Gasteiger partial charge in [0.2, 0.25) is 0 Å². The van der Waals surface area contributed by atoms with Gasteiger partial charge in [0.25, 0.3) is 5.91 Å². The summed E-state index contributed by atoms with van der Waals surface area (Å²) >= 11 is 0. The normalized spacial score (nSPS) is 21.8. The van der Waals surface area contributed by atoms with Crippen LogP contribution in [0.15, 0.2) is 42.6 Å². The molecule has 0 aliphatic carbocycles. The average Bonchev–Trinajstić information content (AvgIpc) is 3.04. The maximum absolute atomic E-state index is 13.5. The Morgan fingerprint density at radius 1 is 1.22 bits per heavy atom. The molecule has 0 bridgehead atoms. The first-order valence-corrected chi connectivity index (χ1v) is 9.30. The second-order valence-corrected chi connectivity index (χ2v) is 7.20. The van der Waals surface area contributed by atoms with E-state index >= 15 is 0 Å². The van der Waals surface area contributed by atoms with Crippen molar-refractivity contribution >= 4 is 12.0 Å². The second-order valence-electron chi connectivity index (χ2n) is 7.20. The molecule has 6 nitrogen and oxygen atoms in total. The van der Waals surface area contributed by atoms with Crippen LogP contribution in [-0.4, -0.2) is 58.6 Å². The average molecular weight is 365 g/mol. The molecule has 0 spiro atoms. The highest BCUT2D eigenvalue weighted by atomic mass is 16.6. The number of amides is 2. The monoisotopic (exact) mass is 365 g/mol. The van der Waals surface area contributed by atoms with Gasteiger partial charge in [0, 0.05) is 25.8 Å². The summed E-state index contributed by atoms with van der Waals surface area (Å²) in [4.78, 5) is 33.5. The minimum atomic E-state index is -0.423. The molecule has 0 saturated carbocycles. The number of aryl methyl sites for hydroxylation is 1. The van der Waals surface area contributed by atoms with E-state index < -0.39 is 5.54 Å². The molecule has 4 rings (SSSR count). The Balaban J connectivity index is 1.69. The Labute approximate surface area is 158 Å². The molecule has 0 N–H and O–H groups in total. The van der Waals surface area contributed by atoms with Crippen molar-refractivity contribution in [1.82, 2.24) is 14.8 Å². The van der Waals surface area contributed by atoms with E-state index in [0.717, 1.165) is 17.5 Å². The van der Waals surface area contributed by atoms with Crippen LogP contribution in [0.5, 0.6) is 0 Å². The quantitative estimate of drug-likeness (QED) is 0.838. The number of fused-ring (bicyclic) bond motifs is 1. The molecule has 2 aliphatic heterocycles. The molecule has 6 heteroatoms. The lowest BCUT2D eigenvalue weighted by molar-refractivity contribution is 0.0361. The van der Waals surface area contributed by atoms with Crippen LogP contribution < -0.4 is 0 Å². The van der Waals surface area contributed by atoms with Gasteiger partial charge in [-0.25, -0.2) is 4.79 Å². The summed E-state index contributed by atoms with van der Waals surface area (Å²) in [7, 11) is 0. The summed E-state index contributed by atoms with van der Waals surface area (Å²) < 4.78 is 5.28. The predicted octanol–water partition coefficient (Wildman–Crippen LogP) is 3.11. The molecule has 3 heterocycles. The fraction of sp³-hybridized carbons (Fsp3) is 0.381. The third-order valence-electron chi connectivity index (χ3n) is 5.72. The van der Waals surface area contributed by atoms with Crippen LogP contribution in [0, 0.1) is 6.92 Å². The summed E-state index contributed by atoms with van der Waals surface area (Å²) in [6.07, 6.45) is 2.22. The van der Waals surface area contributed by atoms with E-state index in [-0.39, 0.29) is 12.0 Å². The Kier molecular flexibility index (Phi) is 4.34. The number of nitrogens with zero attached hydrogens (tertiary/aromatic N) is 3. The highest BCUT2D eigenvalue weighted by molar-refractivity contribution is 6.02. The van der Waals surface area contributed by atoms with Gasteiger partial charge in [0.15, 0.2) is 0 Å². The smallest absolute Gasteiger partial charge is 0.410 e. The van der Waals surface area contributed by atoms with Crippen LogP contribution in [0.1, 0.15) is 29.4 Å². The second kappa shape index (κ2) is 6.68. The summed E-state index contributed by atoms with van der Waals surface area (Å²) in [5, 5.41) is 0. The molecule has 140 valence electrons. The number of piperazine rings is 1. The molecule has 27 heavy (non-hydrogen) atoms. The van der Waals surface area contributed by atoms with Gasteiger partial charge in [0.1, 0.15) is 6.61 Å². The van der Waals surface area contributed by atoms with Crippen molar-refractivity contribution in [3.63, 3.8) is 0 Å². The first-order chi connectivity index (χ1) is 13.1. The van der Waals surface area contributed by atoms with Gasteiger partial charge >= 0.3 is 6.09 Å². The molecule has 2 aromatic rings. The number of aromatic nitrogens is 1. The molecule has 1 aromatic carbocycles. The zero-order valence-corrected chi connectivity index (χ0v) is 15.6. The fourth-order valence-electron chi connectivity index (χ4n) is 4.09. The van der Waals surface area contributed by atoms with Crippen LogP contribution in [-0.2, 0) is 4.74 Å². The van der Waals surface area contributed by atoms with Gasteiger partial charge < -0.3 is 9.64 Å². The lowest BCUT2D eigenvalue weighted by atomic mass is 9.91. The molecule has 1 atom stereocenters. The fourth-order valence-corrected chi connectivity index (χ4v) is 4.09. The molecule has 2 saturated heterocycles. The van der Waals surface area contributed by atoms with Gasteiger partial charge in [0.05, 0.1) is 16.8 Å². The van der Waals surface area contributed by atoms with Crippen molar-refractivity contribution in [2.45, 2.75) is 25.8 Å². The number of ether oxygens (including phenoxy) is 1. The molecule has 2 fully saturated rings. The van der Waals surface area contributed by atoms with E-state index in [1.165, 1.54) is 0 Å². The number of benzene rings is 1. The molecular weight excluding hydrogens is 342 g/mol. The Morgan fingerprint density at radius 2 is 2.00 bits per heavy atom. The largest absolute Gasteiger partial charge is 0.447 e. The van der Waals surface area contributed by atoms with Crippen molar-refractivity contribution in [2.24, 2.45) is 0 Å². The number of rotatable bonds is 3. The Morgan fingerprint density at radius 3 is 2.74 bits per heavy atom. The zero-order valence-electron chi connectivity index (χ0n) is 15.6. The SMILES string of the molecule is CCC12COC(=O)N1CCN(C(=O)c1c(-c3ccccc3)ccnc1C)C2. The Hall–Kier alpha value is -2.89. The molecule has 2 aliphatic rings. The van der Waals surface area contributed by atoms with Gasteiger partial charge in [-0.05, 0) is 30.5 Å². The third kappa shape index (κ3) is 2.85. The summed E-state index contributed by atoms with van der Waals surface area (Å²) in [5.41, 5.74) is 2.81.